The van der Waals surface area contributed by atoms with Crippen LogP contribution in [0.3, 0.4) is 0 Å². The van der Waals surface area contributed by atoms with Gasteiger partial charge in [0.2, 0.25) is 0 Å². The Morgan fingerprint density at radius 3 is 0.972 bits per heavy atom. The summed E-state index contributed by atoms with van der Waals surface area (Å²) in [6.45, 7) is 35.1. The van der Waals surface area contributed by atoms with E-state index in [0.717, 1.165) is 163 Å². The number of aryl methyl sites for hydroxylation is 3. The third-order valence-electron chi connectivity index (χ3n) is 23.2. The maximum atomic E-state index is 12.3. The molecule has 20 heteroatoms. The molecule has 0 bridgehead atoms. The number of ketones is 5. The van der Waals surface area contributed by atoms with Crippen molar-refractivity contribution < 1.29 is 71.3 Å². The monoisotopic (exact) mass is 2010 g/mol. The van der Waals surface area contributed by atoms with E-state index in [1.807, 2.05) is 141 Å². The van der Waals surface area contributed by atoms with Crippen LogP contribution in [0.1, 0.15) is 227 Å². The van der Waals surface area contributed by atoms with Gasteiger partial charge in [0.25, 0.3) is 0 Å². The van der Waals surface area contributed by atoms with E-state index in [4.69, 9.17) is 47.4 Å². The molecule has 14 aromatic carbocycles. The van der Waals surface area contributed by atoms with Gasteiger partial charge in [-0.1, -0.05) is 377 Å². The standard InChI is InChI=1S/C30H29O3P.C25H35O3P.2C23H23O3P.C22H29O3P/c1-22(31)27-15-9-10-16-28(27)34-29-20-25(17-23-11-5-3-6-12-23)19-26(30(29)33-21-32-2)18-24-13-7-4-8-14-24;1-16-10-11-21(19(12-16)17(2)26)29-22-14-18(24(3,4)5)13-20(25(6,7)8)23(22)28-15-27-9;1-17(24)20-12-6-7-13-21(20)27-22-14-8-11-19(23(22)26-16-25-2)15-18-9-4-3-5-10-18;1-17(24)20-10-6-7-11-22(20)27-23-15-19(12-13-21(23)26-16-25-2)14-18-8-4-3-5-9-18;1-14-8-9-19(18(10-14)16(3)23)26-20-12-17(22(4,5)6)11-15(2)21(20)25-13-24-7/h3-16,19-20,34H,17-18,21H2,1-2H3;10-14,29H,15H2,1-9H3;3-14,27H,15-16H2,1-2H3;3-13,15,27H,14,16H2,1-2H3;8-12,26H,13H2,1-7H3. The number of carbonyl (C=O) groups is 5. The molecular formula is C123H139O15P5. The number of benzene rings is 14. The first-order chi connectivity index (χ1) is 68.5. The lowest BCUT2D eigenvalue weighted by molar-refractivity contribution is 0.0505. The Labute approximate surface area is 857 Å². The molecule has 15 nitrogen and oxygen atoms in total. The quantitative estimate of drug-likeness (QED) is 0.0203. The molecule has 0 spiro atoms. The Morgan fingerprint density at radius 2 is 0.559 bits per heavy atom. The highest BCUT2D eigenvalue weighted by Crippen LogP contribution is 2.40. The van der Waals surface area contributed by atoms with Gasteiger partial charge in [-0.25, -0.2) is 0 Å². The molecule has 14 aromatic rings. The van der Waals surface area contributed by atoms with Crippen molar-refractivity contribution in [3.63, 3.8) is 0 Å². The van der Waals surface area contributed by atoms with Crippen molar-refractivity contribution >= 4 is 125 Å². The van der Waals surface area contributed by atoms with Gasteiger partial charge in [0.15, 0.2) is 62.9 Å². The average Bonchev–Trinajstić information content (AvgIpc) is 0.771. The molecule has 5 atom stereocenters. The van der Waals surface area contributed by atoms with Crippen LogP contribution >= 0.6 is 42.9 Å². The molecule has 0 aromatic heterocycles. The lowest BCUT2D eigenvalue weighted by Gasteiger charge is -2.29. The molecule has 14 rings (SSSR count). The van der Waals surface area contributed by atoms with Crippen LogP contribution in [0.5, 0.6) is 28.7 Å². The molecule has 0 aliphatic carbocycles. The Morgan fingerprint density at radius 1 is 0.238 bits per heavy atom. The van der Waals surface area contributed by atoms with Gasteiger partial charge in [-0.05, 0) is 215 Å². The lowest BCUT2D eigenvalue weighted by Crippen LogP contribution is -2.24. The van der Waals surface area contributed by atoms with Crippen molar-refractivity contribution in [3.05, 3.63) is 409 Å². The molecule has 0 radical (unpaired) electrons. The Hall–Kier alpha value is -11.6. The summed E-state index contributed by atoms with van der Waals surface area (Å²) in [6, 6.07) is 103. The summed E-state index contributed by atoms with van der Waals surface area (Å²) in [5.74, 6) is 4.65. The molecule has 143 heavy (non-hydrogen) atoms. The summed E-state index contributed by atoms with van der Waals surface area (Å²) < 4.78 is 55.7. The molecule has 746 valence electrons. The summed E-state index contributed by atoms with van der Waals surface area (Å²) in [5.41, 5.74) is 20.5. The highest BCUT2D eigenvalue weighted by atomic mass is 31.1. The number of Topliss-reactive ketones (excluding diaryl/α,β-unsaturated/α-hetero) is 5. The smallest absolute Gasteiger partial charge is 0.188 e. The predicted molar refractivity (Wildman–Crippen MR) is 602 cm³/mol. The third kappa shape index (κ3) is 34.8. The van der Waals surface area contributed by atoms with Gasteiger partial charge in [-0.15, -0.1) is 0 Å². The number of rotatable bonds is 38. The second kappa shape index (κ2) is 56.0. The van der Waals surface area contributed by atoms with E-state index in [1.165, 1.54) is 50.1 Å². The normalized spacial score (nSPS) is 11.5. The van der Waals surface area contributed by atoms with Crippen LogP contribution in [0.25, 0.3) is 0 Å². The molecular weight excluding hydrogens is 1870 g/mol. The Balaban J connectivity index is 0.000000184. The van der Waals surface area contributed by atoms with Crippen LogP contribution in [0.15, 0.2) is 303 Å². The van der Waals surface area contributed by atoms with Crippen molar-refractivity contribution in [2.75, 3.05) is 69.5 Å². The topological polar surface area (TPSA) is 178 Å². The SMILES string of the molecule is COCOc1c(C)cc(C(C)(C)C)cc1Pc1ccc(C)cc1C(C)=O.COCOc1c(Cc2ccccc2)cc(Cc2ccccc2)cc1Pc1ccccc1C(C)=O.COCOc1c(Cc2ccccc2)cccc1Pc1ccccc1C(C)=O.COCOc1c(Pc2ccc(C)cc2C(C)=O)cc(C(C)(C)C)cc1C(C)(C)C.COCOc1ccc(Cc2ccccc2)cc1Pc1ccccc1C(C)=O. The Kier molecular flexibility index (Phi) is 44.4. The number of carbonyl (C=O) groups excluding carboxylic acids is 5. The van der Waals surface area contributed by atoms with Crippen LogP contribution in [0, 0.1) is 20.8 Å². The van der Waals surface area contributed by atoms with Gasteiger partial charge in [0.1, 0.15) is 28.7 Å². The molecule has 0 saturated heterocycles. The number of methoxy groups -OCH3 is 5. The summed E-state index contributed by atoms with van der Waals surface area (Å²) in [4.78, 5) is 60.6. The first kappa shape index (κ1) is 113. The van der Waals surface area contributed by atoms with Gasteiger partial charge < -0.3 is 47.4 Å². The first-order valence-corrected chi connectivity index (χ1v) is 52.8. The Bertz CT molecular complexity index is 6500. The zero-order valence-electron chi connectivity index (χ0n) is 86.9. The van der Waals surface area contributed by atoms with Crippen molar-refractivity contribution in [1.82, 2.24) is 0 Å². The number of hydrogen-bond donors (Lipinski definition) is 0. The van der Waals surface area contributed by atoms with E-state index in [9.17, 15) is 24.0 Å². The molecule has 0 amide bonds. The maximum absolute atomic E-state index is 12.3. The van der Waals surface area contributed by atoms with E-state index >= 15 is 0 Å². The largest absolute Gasteiger partial charge is 0.467 e. The number of hydrogen-bond acceptors (Lipinski definition) is 15. The number of ether oxygens (including phenoxy) is 10. The van der Waals surface area contributed by atoms with Crippen LogP contribution in [-0.4, -0.2) is 98.4 Å². The minimum absolute atomic E-state index is 0.00962. The van der Waals surface area contributed by atoms with Gasteiger partial charge in [0.05, 0.1) is 0 Å². The fourth-order valence-electron chi connectivity index (χ4n) is 15.9. The minimum Gasteiger partial charge on any atom is -0.467 e. The molecule has 0 aliphatic heterocycles. The molecule has 0 N–H and O–H groups in total. The molecule has 5 unspecified atom stereocenters. The highest BCUT2D eigenvalue weighted by Gasteiger charge is 2.29. The van der Waals surface area contributed by atoms with Crippen LogP contribution in [0.4, 0.5) is 0 Å². The number of para-hydroxylation sites is 1. The van der Waals surface area contributed by atoms with Crippen molar-refractivity contribution in [3.8, 4) is 28.7 Å². The van der Waals surface area contributed by atoms with Gasteiger partial charge in [-0.2, -0.15) is 0 Å². The van der Waals surface area contributed by atoms with E-state index in [1.54, 1.807) is 70.2 Å². The summed E-state index contributed by atoms with van der Waals surface area (Å²) >= 11 is 0. The fraction of sp³-hybridized carbons (Fsp3) is 0.276. The van der Waals surface area contributed by atoms with Crippen LogP contribution < -0.4 is 76.7 Å². The lowest BCUT2D eigenvalue weighted by atomic mass is 9.80. The molecule has 0 fully saturated rings. The van der Waals surface area contributed by atoms with Crippen molar-refractivity contribution in [1.29, 1.82) is 0 Å². The van der Waals surface area contributed by atoms with Crippen molar-refractivity contribution in [2.45, 2.75) is 160 Å². The van der Waals surface area contributed by atoms with Crippen molar-refractivity contribution in [2.24, 2.45) is 0 Å². The second-order valence-electron chi connectivity index (χ2n) is 38.1. The van der Waals surface area contributed by atoms with Gasteiger partial charge in [0, 0.05) is 108 Å². The van der Waals surface area contributed by atoms with Crippen LogP contribution in [0.2, 0.25) is 0 Å². The summed E-state index contributed by atoms with van der Waals surface area (Å²) in [6.07, 6.45) is 3.23. The summed E-state index contributed by atoms with van der Waals surface area (Å²) in [7, 11) is 9.74. The summed E-state index contributed by atoms with van der Waals surface area (Å²) in [5, 5.41) is 10.7. The van der Waals surface area contributed by atoms with E-state index in [-0.39, 0.29) is 79.1 Å². The minimum atomic E-state index is -0.0831. The van der Waals surface area contributed by atoms with E-state index in [2.05, 4.69) is 245 Å². The predicted octanol–water partition coefficient (Wildman–Crippen LogP) is 23.7. The second-order valence-corrected chi connectivity index (χ2v) is 44.8. The zero-order chi connectivity index (χ0) is 103. The maximum Gasteiger partial charge on any atom is 0.188 e. The van der Waals surface area contributed by atoms with Gasteiger partial charge in [-0.3, -0.25) is 24.0 Å². The third-order valence-corrected chi connectivity index (χ3v) is 30.0. The van der Waals surface area contributed by atoms with E-state index < -0.39 is 0 Å². The molecule has 0 saturated carbocycles. The fourth-order valence-corrected chi connectivity index (χ4v) is 23.0. The highest BCUT2D eigenvalue weighted by molar-refractivity contribution is 7.57. The average molecular weight is 2010 g/mol. The van der Waals surface area contributed by atoms with Gasteiger partial charge >= 0.3 is 0 Å². The first-order valence-electron chi connectivity index (χ1n) is 47.8. The van der Waals surface area contributed by atoms with Crippen LogP contribution in [-0.2, 0) is 65.6 Å². The molecule has 0 aliphatic rings. The molecule has 0 heterocycles. The van der Waals surface area contributed by atoms with E-state index in [0.29, 0.717) is 42.9 Å². The zero-order valence-corrected chi connectivity index (χ0v) is 91.9.